The zero-order valence-electron chi connectivity index (χ0n) is 21.2. The van der Waals surface area contributed by atoms with Crippen LogP contribution < -0.4 is 10.9 Å². The maximum atomic E-state index is 13.7. The number of nitrogens with one attached hydrogen (secondary N) is 1. The summed E-state index contributed by atoms with van der Waals surface area (Å²) in [6, 6.07) is 15.7. The summed E-state index contributed by atoms with van der Waals surface area (Å²) in [5, 5.41) is 9.46. The third-order valence-corrected chi connectivity index (χ3v) is 7.18. The zero-order valence-corrected chi connectivity index (χ0v) is 22.0. The van der Waals surface area contributed by atoms with E-state index in [0.29, 0.717) is 40.1 Å². The molecule has 0 bridgehead atoms. The van der Waals surface area contributed by atoms with Crippen molar-refractivity contribution in [2.75, 3.05) is 0 Å². The van der Waals surface area contributed by atoms with Crippen LogP contribution in [0.4, 0.5) is 0 Å². The highest BCUT2D eigenvalue weighted by Crippen LogP contribution is 2.24. The Kier molecular flexibility index (Phi) is 6.71. The largest absolute Gasteiger partial charge is 0.350 e. The van der Waals surface area contributed by atoms with Gasteiger partial charge in [-0.1, -0.05) is 32.0 Å². The van der Waals surface area contributed by atoms with E-state index >= 15 is 0 Å². The molecule has 5 aromatic rings. The van der Waals surface area contributed by atoms with Crippen molar-refractivity contribution in [3.63, 3.8) is 0 Å². The molecule has 1 aromatic carbocycles. The molecule has 0 aliphatic heterocycles. The van der Waals surface area contributed by atoms with E-state index in [2.05, 4.69) is 41.3 Å². The van der Waals surface area contributed by atoms with Crippen LogP contribution >= 0.6 is 11.3 Å². The highest BCUT2D eigenvalue weighted by Gasteiger charge is 2.20. The summed E-state index contributed by atoms with van der Waals surface area (Å²) in [7, 11) is 0. The van der Waals surface area contributed by atoms with Crippen molar-refractivity contribution in [1.82, 2.24) is 29.5 Å². The summed E-state index contributed by atoms with van der Waals surface area (Å²) in [6.45, 7) is 8.44. The third kappa shape index (κ3) is 4.95. The van der Waals surface area contributed by atoms with Crippen molar-refractivity contribution in [2.24, 2.45) is 0 Å². The van der Waals surface area contributed by atoms with Crippen LogP contribution in [-0.4, -0.2) is 30.1 Å². The van der Waals surface area contributed by atoms with Crippen molar-refractivity contribution in [3.8, 4) is 16.9 Å². The Labute approximate surface area is 218 Å². The lowest BCUT2D eigenvalue weighted by Gasteiger charge is -2.08. The number of aryl methyl sites for hydroxylation is 2. The summed E-state index contributed by atoms with van der Waals surface area (Å²) in [5.41, 5.74) is 5.85. The van der Waals surface area contributed by atoms with E-state index in [0.717, 1.165) is 17.1 Å². The fourth-order valence-electron chi connectivity index (χ4n) is 4.30. The quantitative estimate of drug-likeness (QED) is 0.344. The standard InChI is InChI=1S/C28H28N6O2S/c1-17(2)20-8-10-22(11-9-20)34-18(3)13-24(32-34)26-19(4)31-28-33(27(26)36)23(16-37-28)14-25(35)30-15-21-7-5-6-12-29-21/h5-13,16-17H,14-15H2,1-4H3,(H,30,35). The molecule has 4 heterocycles. The van der Waals surface area contributed by atoms with Gasteiger partial charge in [-0.2, -0.15) is 5.10 Å². The summed E-state index contributed by atoms with van der Waals surface area (Å²) < 4.78 is 3.37. The predicted molar refractivity (Wildman–Crippen MR) is 145 cm³/mol. The van der Waals surface area contributed by atoms with Crippen LogP contribution in [0.1, 0.15) is 48.1 Å². The second-order valence-corrected chi connectivity index (χ2v) is 10.2. The van der Waals surface area contributed by atoms with E-state index in [1.807, 2.05) is 60.3 Å². The molecule has 1 N–H and O–H groups in total. The number of benzene rings is 1. The van der Waals surface area contributed by atoms with E-state index in [9.17, 15) is 9.59 Å². The van der Waals surface area contributed by atoms with Crippen molar-refractivity contribution >= 4 is 22.2 Å². The van der Waals surface area contributed by atoms with Gasteiger partial charge in [0.1, 0.15) is 5.69 Å². The van der Waals surface area contributed by atoms with Gasteiger partial charge in [0.15, 0.2) is 4.96 Å². The number of hydrogen-bond acceptors (Lipinski definition) is 6. The number of amides is 1. The van der Waals surface area contributed by atoms with Gasteiger partial charge in [0.05, 0.1) is 35.6 Å². The molecule has 0 aliphatic rings. The molecule has 0 spiro atoms. The number of thiazole rings is 1. The van der Waals surface area contributed by atoms with Gasteiger partial charge in [-0.15, -0.1) is 11.3 Å². The first-order valence-electron chi connectivity index (χ1n) is 12.2. The van der Waals surface area contributed by atoms with Gasteiger partial charge in [-0.3, -0.25) is 19.0 Å². The molecule has 1 amide bonds. The molecule has 0 radical (unpaired) electrons. The highest BCUT2D eigenvalue weighted by molar-refractivity contribution is 7.15. The Morgan fingerprint density at radius 3 is 2.59 bits per heavy atom. The molecule has 0 fully saturated rings. The predicted octanol–water partition coefficient (Wildman–Crippen LogP) is 4.60. The average Bonchev–Trinajstić information content (AvgIpc) is 3.46. The molecule has 0 atom stereocenters. The lowest BCUT2D eigenvalue weighted by molar-refractivity contribution is -0.120. The SMILES string of the molecule is Cc1nc2scc(CC(=O)NCc3ccccn3)n2c(=O)c1-c1cc(C)n(-c2ccc(C(C)C)cc2)n1. The molecule has 0 aliphatic carbocycles. The minimum absolute atomic E-state index is 0.0621. The van der Waals surface area contributed by atoms with Crippen LogP contribution in [0.2, 0.25) is 0 Å². The van der Waals surface area contributed by atoms with Gasteiger partial charge < -0.3 is 5.32 Å². The van der Waals surface area contributed by atoms with Gasteiger partial charge in [-0.05, 0) is 55.7 Å². The molecule has 9 heteroatoms. The van der Waals surface area contributed by atoms with Crippen LogP contribution in [0.15, 0.2) is 64.9 Å². The Bertz CT molecular complexity index is 1630. The molecule has 37 heavy (non-hydrogen) atoms. The minimum atomic E-state index is -0.226. The summed E-state index contributed by atoms with van der Waals surface area (Å²) in [4.78, 5) is 35.8. The molecule has 0 saturated heterocycles. The van der Waals surface area contributed by atoms with Gasteiger partial charge >= 0.3 is 0 Å². The van der Waals surface area contributed by atoms with Gasteiger partial charge in [0.2, 0.25) is 5.91 Å². The Balaban J connectivity index is 1.46. The van der Waals surface area contributed by atoms with E-state index in [1.165, 1.54) is 21.3 Å². The lowest BCUT2D eigenvalue weighted by atomic mass is 10.0. The van der Waals surface area contributed by atoms with Crippen molar-refractivity contribution in [1.29, 1.82) is 0 Å². The molecular weight excluding hydrogens is 484 g/mol. The van der Waals surface area contributed by atoms with Crippen LogP contribution in [0.5, 0.6) is 0 Å². The van der Waals surface area contributed by atoms with E-state index in [-0.39, 0.29) is 17.9 Å². The maximum absolute atomic E-state index is 13.7. The van der Waals surface area contributed by atoms with E-state index in [4.69, 9.17) is 5.10 Å². The highest BCUT2D eigenvalue weighted by atomic mass is 32.1. The summed E-state index contributed by atoms with van der Waals surface area (Å²) in [5.74, 6) is 0.255. The van der Waals surface area contributed by atoms with Crippen molar-refractivity contribution < 1.29 is 4.79 Å². The molecule has 4 aromatic heterocycles. The van der Waals surface area contributed by atoms with Crippen molar-refractivity contribution in [2.45, 2.75) is 46.6 Å². The molecular formula is C28H28N6O2S. The summed E-state index contributed by atoms with van der Waals surface area (Å²) in [6.07, 6.45) is 1.75. The Morgan fingerprint density at radius 2 is 1.89 bits per heavy atom. The van der Waals surface area contributed by atoms with Crippen LogP contribution in [0, 0.1) is 13.8 Å². The van der Waals surface area contributed by atoms with Gasteiger partial charge in [0.25, 0.3) is 5.56 Å². The number of hydrogen-bond donors (Lipinski definition) is 1. The van der Waals surface area contributed by atoms with E-state index < -0.39 is 0 Å². The molecule has 0 saturated carbocycles. The topological polar surface area (TPSA) is 94.2 Å². The van der Waals surface area contributed by atoms with E-state index in [1.54, 1.807) is 6.20 Å². The monoisotopic (exact) mass is 512 g/mol. The number of carbonyl (C=O) groups excluding carboxylic acids is 1. The second-order valence-electron chi connectivity index (χ2n) is 9.33. The molecule has 188 valence electrons. The third-order valence-electron chi connectivity index (χ3n) is 6.30. The second kappa shape index (κ2) is 10.1. The van der Waals surface area contributed by atoms with Gasteiger partial charge in [0, 0.05) is 23.0 Å². The smallest absolute Gasteiger partial charge is 0.268 e. The fraction of sp³-hybridized carbons (Fsp3) is 0.250. The average molecular weight is 513 g/mol. The molecule has 8 nitrogen and oxygen atoms in total. The Morgan fingerprint density at radius 1 is 1.11 bits per heavy atom. The number of aromatic nitrogens is 5. The van der Waals surface area contributed by atoms with Crippen LogP contribution in [0.3, 0.4) is 0 Å². The summed E-state index contributed by atoms with van der Waals surface area (Å²) >= 11 is 1.35. The lowest BCUT2D eigenvalue weighted by Crippen LogP contribution is -2.27. The fourth-order valence-corrected chi connectivity index (χ4v) is 5.23. The number of pyridine rings is 1. The normalized spacial score (nSPS) is 11.4. The first-order valence-corrected chi connectivity index (χ1v) is 13.0. The Hall–Kier alpha value is -4.11. The number of rotatable bonds is 7. The first-order chi connectivity index (χ1) is 17.8. The number of carbonyl (C=O) groups is 1. The number of fused-ring (bicyclic) bond motifs is 1. The first kappa shape index (κ1) is 24.6. The van der Waals surface area contributed by atoms with Crippen LogP contribution in [0.25, 0.3) is 21.9 Å². The molecule has 0 unspecified atom stereocenters. The minimum Gasteiger partial charge on any atom is -0.350 e. The van der Waals surface area contributed by atoms with Crippen LogP contribution in [-0.2, 0) is 17.8 Å². The maximum Gasteiger partial charge on any atom is 0.268 e. The number of nitrogens with zero attached hydrogens (tertiary/aromatic N) is 5. The zero-order chi connectivity index (χ0) is 26.1. The van der Waals surface area contributed by atoms with Crippen molar-refractivity contribution in [3.05, 3.63) is 98.8 Å². The molecule has 5 rings (SSSR count). The van der Waals surface area contributed by atoms with Gasteiger partial charge in [-0.25, -0.2) is 9.67 Å².